The van der Waals surface area contributed by atoms with E-state index in [1.54, 1.807) is 0 Å². The Morgan fingerprint density at radius 1 is 1.36 bits per heavy atom. The normalized spacial score (nSPS) is 14.5. The Labute approximate surface area is 70.8 Å². The molecular formula is C9H22N2. The van der Waals surface area contributed by atoms with Crippen LogP contribution in [0.1, 0.15) is 27.2 Å². The summed E-state index contributed by atoms with van der Waals surface area (Å²) < 4.78 is 0. The summed E-state index contributed by atoms with van der Waals surface area (Å²) in [4.78, 5) is 2.26. The molecule has 2 heteroatoms. The monoisotopic (exact) mass is 158 g/mol. The van der Waals surface area contributed by atoms with Crippen LogP contribution in [0.5, 0.6) is 0 Å². The molecule has 0 fully saturated rings. The molecule has 0 aromatic heterocycles. The molecule has 2 nitrogen and oxygen atoms in total. The van der Waals surface area contributed by atoms with Gasteiger partial charge in [-0.05, 0) is 25.9 Å². The van der Waals surface area contributed by atoms with Gasteiger partial charge in [-0.2, -0.15) is 0 Å². The lowest BCUT2D eigenvalue weighted by Crippen LogP contribution is -2.36. The van der Waals surface area contributed by atoms with Gasteiger partial charge in [-0.25, -0.2) is 0 Å². The van der Waals surface area contributed by atoms with Gasteiger partial charge in [0.15, 0.2) is 0 Å². The maximum absolute atomic E-state index is 5.91. The zero-order chi connectivity index (χ0) is 8.85. The number of nitrogens with zero attached hydrogens (tertiary/aromatic N) is 1. The number of hydrogen-bond acceptors (Lipinski definition) is 2. The minimum absolute atomic E-state index is 0.347. The van der Waals surface area contributed by atoms with E-state index in [1.165, 1.54) is 0 Å². The van der Waals surface area contributed by atoms with E-state index in [1.807, 2.05) is 0 Å². The summed E-state index contributed by atoms with van der Waals surface area (Å²) in [6.45, 7) is 8.69. The highest BCUT2D eigenvalue weighted by molar-refractivity contribution is 4.66. The summed E-state index contributed by atoms with van der Waals surface area (Å²) in [6.07, 6.45) is 1.13. The van der Waals surface area contributed by atoms with Gasteiger partial charge in [0.2, 0.25) is 0 Å². The molecule has 1 atom stereocenters. The van der Waals surface area contributed by atoms with Crippen LogP contribution in [0.2, 0.25) is 0 Å². The van der Waals surface area contributed by atoms with Crippen molar-refractivity contribution in [3.8, 4) is 0 Å². The van der Waals surface area contributed by atoms with E-state index in [9.17, 15) is 0 Å². The maximum atomic E-state index is 5.91. The van der Waals surface area contributed by atoms with E-state index >= 15 is 0 Å². The van der Waals surface area contributed by atoms with Crippen LogP contribution in [0.15, 0.2) is 0 Å². The average molecular weight is 158 g/mol. The fourth-order valence-corrected chi connectivity index (χ4v) is 1.21. The van der Waals surface area contributed by atoms with Gasteiger partial charge in [-0.3, -0.25) is 0 Å². The molecule has 0 amide bonds. The van der Waals surface area contributed by atoms with E-state index in [0.717, 1.165) is 25.4 Å². The van der Waals surface area contributed by atoms with Crippen molar-refractivity contribution in [1.82, 2.24) is 4.90 Å². The fraction of sp³-hybridized carbons (Fsp3) is 1.00. The number of likely N-dealkylation sites (N-methyl/N-ethyl adjacent to an activating group) is 1. The van der Waals surface area contributed by atoms with E-state index in [-0.39, 0.29) is 0 Å². The Morgan fingerprint density at radius 3 is 2.27 bits per heavy atom. The topological polar surface area (TPSA) is 29.3 Å². The van der Waals surface area contributed by atoms with Crippen LogP contribution in [-0.2, 0) is 0 Å². The molecule has 0 aromatic rings. The maximum Gasteiger partial charge on any atom is 0.0170 e. The zero-order valence-corrected chi connectivity index (χ0v) is 8.30. The first-order chi connectivity index (χ1) is 5.06. The van der Waals surface area contributed by atoms with Gasteiger partial charge in [0.25, 0.3) is 0 Å². The Balaban J connectivity index is 3.43. The summed E-state index contributed by atoms with van der Waals surface area (Å²) in [5, 5.41) is 0. The van der Waals surface area contributed by atoms with Crippen molar-refractivity contribution in [2.75, 3.05) is 20.1 Å². The molecule has 0 saturated heterocycles. The average Bonchev–Trinajstić information content (AvgIpc) is 1.85. The number of rotatable bonds is 5. The lowest BCUT2D eigenvalue weighted by Gasteiger charge is -2.20. The van der Waals surface area contributed by atoms with Crippen molar-refractivity contribution < 1.29 is 0 Å². The van der Waals surface area contributed by atoms with E-state index in [0.29, 0.717) is 6.04 Å². The molecular weight excluding hydrogens is 136 g/mol. The van der Waals surface area contributed by atoms with Crippen molar-refractivity contribution >= 4 is 0 Å². The van der Waals surface area contributed by atoms with Crippen LogP contribution in [0.25, 0.3) is 0 Å². The predicted octanol–water partition coefficient (Wildman–Crippen LogP) is 1.31. The molecule has 0 radical (unpaired) electrons. The number of hydrogen-bond donors (Lipinski definition) is 1. The van der Waals surface area contributed by atoms with Crippen LogP contribution >= 0.6 is 0 Å². The highest BCUT2D eigenvalue weighted by atomic mass is 15.1. The third kappa shape index (κ3) is 6.32. The molecule has 0 bridgehead atoms. The van der Waals surface area contributed by atoms with Gasteiger partial charge in [-0.15, -0.1) is 0 Å². The predicted molar refractivity (Wildman–Crippen MR) is 50.6 cm³/mol. The molecule has 0 saturated carbocycles. The van der Waals surface area contributed by atoms with Crippen molar-refractivity contribution in [1.29, 1.82) is 0 Å². The first kappa shape index (κ1) is 10.9. The third-order valence-electron chi connectivity index (χ3n) is 1.86. The molecule has 0 rings (SSSR count). The van der Waals surface area contributed by atoms with Gasteiger partial charge in [0.1, 0.15) is 0 Å². The zero-order valence-electron chi connectivity index (χ0n) is 8.30. The van der Waals surface area contributed by atoms with Crippen molar-refractivity contribution in [3.05, 3.63) is 0 Å². The molecule has 0 aliphatic rings. The Bertz CT molecular complexity index is 91.6. The Morgan fingerprint density at radius 2 is 1.91 bits per heavy atom. The fourth-order valence-electron chi connectivity index (χ4n) is 1.21. The van der Waals surface area contributed by atoms with E-state index < -0.39 is 0 Å². The molecule has 0 aliphatic heterocycles. The van der Waals surface area contributed by atoms with E-state index in [2.05, 4.69) is 32.7 Å². The second-order valence-electron chi connectivity index (χ2n) is 3.74. The minimum atomic E-state index is 0.347. The Kier molecular flexibility index (Phi) is 5.51. The molecule has 0 heterocycles. The lowest BCUT2D eigenvalue weighted by molar-refractivity contribution is 0.307. The van der Waals surface area contributed by atoms with Crippen LogP contribution in [0.3, 0.4) is 0 Å². The van der Waals surface area contributed by atoms with Crippen LogP contribution in [-0.4, -0.2) is 31.1 Å². The Hall–Kier alpha value is -0.0800. The minimum Gasteiger partial charge on any atom is -0.327 e. The van der Waals surface area contributed by atoms with Gasteiger partial charge >= 0.3 is 0 Å². The van der Waals surface area contributed by atoms with Gasteiger partial charge < -0.3 is 10.6 Å². The molecule has 68 valence electrons. The molecule has 11 heavy (non-hydrogen) atoms. The second kappa shape index (κ2) is 5.56. The highest BCUT2D eigenvalue weighted by Gasteiger charge is 2.06. The first-order valence-electron chi connectivity index (χ1n) is 4.50. The summed E-state index contributed by atoms with van der Waals surface area (Å²) in [7, 11) is 2.11. The summed E-state index contributed by atoms with van der Waals surface area (Å²) in [6, 6.07) is 0.347. The molecule has 0 aromatic carbocycles. The van der Waals surface area contributed by atoms with Gasteiger partial charge in [0.05, 0.1) is 0 Å². The lowest BCUT2D eigenvalue weighted by atomic mass is 10.0. The second-order valence-corrected chi connectivity index (χ2v) is 3.74. The van der Waals surface area contributed by atoms with Crippen LogP contribution in [0.4, 0.5) is 0 Å². The molecule has 2 N–H and O–H groups in total. The van der Waals surface area contributed by atoms with Crippen molar-refractivity contribution in [2.24, 2.45) is 11.7 Å². The van der Waals surface area contributed by atoms with Gasteiger partial charge in [-0.1, -0.05) is 20.8 Å². The van der Waals surface area contributed by atoms with Crippen LogP contribution in [0, 0.1) is 5.92 Å². The summed E-state index contributed by atoms with van der Waals surface area (Å²) >= 11 is 0. The molecule has 0 aliphatic carbocycles. The van der Waals surface area contributed by atoms with Crippen molar-refractivity contribution in [2.45, 2.75) is 33.2 Å². The van der Waals surface area contributed by atoms with Crippen LogP contribution < -0.4 is 5.73 Å². The largest absolute Gasteiger partial charge is 0.327 e. The summed E-state index contributed by atoms with van der Waals surface area (Å²) in [5.74, 6) is 0.718. The van der Waals surface area contributed by atoms with E-state index in [4.69, 9.17) is 5.73 Å². The molecule has 1 unspecified atom stereocenters. The SMILES string of the molecule is CCN(C)CC(N)CC(C)C. The smallest absolute Gasteiger partial charge is 0.0170 e. The number of nitrogens with two attached hydrogens (primary N) is 1. The van der Waals surface area contributed by atoms with Gasteiger partial charge in [0, 0.05) is 12.6 Å². The molecule has 0 spiro atoms. The standard InChI is InChI=1S/C9H22N2/c1-5-11(4)7-9(10)6-8(2)3/h8-9H,5-7,10H2,1-4H3. The quantitative estimate of drug-likeness (QED) is 0.653. The third-order valence-corrected chi connectivity index (χ3v) is 1.86. The van der Waals surface area contributed by atoms with Crippen molar-refractivity contribution in [3.63, 3.8) is 0 Å². The highest BCUT2D eigenvalue weighted by Crippen LogP contribution is 2.03. The summed E-state index contributed by atoms with van der Waals surface area (Å²) in [5.41, 5.74) is 5.91. The first-order valence-corrected chi connectivity index (χ1v) is 4.50.